The van der Waals surface area contributed by atoms with Crippen molar-refractivity contribution in [3.8, 4) is 0 Å². The molecule has 0 aromatic heterocycles. The predicted molar refractivity (Wildman–Crippen MR) is 48.4 cm³/mol. The standard InChI is InChI=1S/C8H10FNO3S/c1-5-7(9)2-6(4-11)3-8(5)14(10,12)13/h2-3,11H,4H2,1H3,(H2,10,12,13). The summed E-state index contributed by atoms with van der Waals surface area (Å²) < 4.78 is 35.1. The van der Waals surface area contributed by atoms with E-state index in [2.05, 4.69) is 0 Å². The Kier molecular flexibility index (Phi) is 2.89. The Morgan fingerprint density at radius 3 is 2.50 bits per heavy atom. The van der Waals surface area contributed by atoms with Gasteiger partial charge in [0.05, 0.1) is 11.5 Å². The van der Waals surface area contributed by atoms with Crippen molar-refractivity contribution in [3.05, 3.63) is 29.1 Å². The van der Waals surface area contributed by atoms with E-state index in [1.807, 2.05) is 0 Å². The van der Waals surface area contributed by atoms with Gasteiger partial charge in [-0.1, -0.05) is 0 Å². The van der Waals surface area contributed by atoms with Gasteiger partial charge in [-0.2, -0.15) is 0 Å². The van der Waals surface area contributed by atoms with E-state index in [1.165, 1.54) is 6.92 Å². The minimum Gasteiger partial charge on any atom is -0.392 e. The van der Waals surface area contributed by atoms with Crippen molar-refractivity contribution in [2.75, 3.05) is 0 Å². The van der Waals surface area contributed by atoms with Gasteiger partial charge in [0.25, 0.3) is 0 Å². The summed E-state index contributed by atoms with van der Waals surface area (Å²) in [4.78, 5) is -0.290. The van der Waals surface area contributed by atoms with Crippen molar-refractivity contribution in [3.63, 3.8) is 0 Å². The maximum absolute atomic E-state index is 13.1. The molecule has 0 saturated carbocycles. The zero-order valence-corrected chi connectivity index (χ0v) is 8.31. The normalized spacial score (nSPS) is 11.7. The van der Waals surface area contributed by atoms with Crippen LogP contribution in [-0.2, 0) is 16.6 Å². The van der Waals surface area contributed by atoms with Crippen LogP contribution in [0.1, 0.15) is 11.1 Å². The first-order chi connectivity index (χ1) is 6.36. The number of primary sulfonamides is 1. The second-order valence-electron chi connectivity index (χ2n) is 2.90. The maximum atomic E-state index is 13.1. The van der Waals surface area contributed by atoms with E-state index >= 15 is 0 Å². The van der Waals surface area contributed by atoms with Gasteiger partial charge in [-0.3, -0.25) is 0 Å². The zero-order valence-electron chi connectivity index (χ0n) is 7.49. The molecule has 14 heavy (non-hydrogen) atoms. The molecule has 1 rings (SSSR count). The third-order valence-corrected chi connectivity index (χ3v) is 2.88. The van der Waals surface area contributed by atoms with Gasteiger partial charge in [-0.15, -0.1) is 0 Å². The minimum absolute atomic E-state index is 0.0373. The monoisotopic (exact) mass is 219 g/mol. The van der Waals surface area contributed by atoms with Crippen LogP contribution in [0.15, 0.2) is 17.0 Å². The molecule has 4 nitrogen and oxygen atoms in total. The maximum Gasteiger partial charge on any atom is 0.238 e. The number of hydrogen-bond acceptors (Lipinski definition) is 3. The summed E-state index contributed by atoms with van der Waals surface area (Å²) in [6, 6.07) is 2.23. The van der Waals surface area contributed by atoms with Crippen molar-refractivity contribution in [2.45, 2.75) is 18.4 Å². The van der Waals surface area contributed by atoms with Crippen molar-refractivity contribution in [1.82, 2.24) is 0 Å². The Morgan fingerprint density at radius 2 is 2.07 bits per heavy atom. The second kappa shape index (κ2) is 3.64. The number of aliphatic hydroxyl groups excluding tert-OH is 1. The van der Waals surface area contributed by atoms with Gasteiger partial charge in [0.15, 0.2) is 0 Å². The van der Waals surface area contributed by atoms with E-state index in [-0.39, 0.29) is 16.0 Å². The molecule has 0 bridgehead atoms. The predicted octanol–water partition coefficient (Wildman–Crippen LogP) is 0.274. The fourth-order valence-corrected chi connectivity index (χ4v) is 1.93. The highest BCUT2D eigenvalue weighted by Crippen LogP contribution is 2.19. The lowest BCUT2D eigenvalue weighted by molar-refractivity contribution is 0.281. The molecule has 1 aromatic rings. The third-order valence-electron chi connectivity index (χ3n) is 1.85. The number of sulfonamides is 1. The molecule has 0 radical (unpaired) electrons. The number of nitrogens with two attached hydrogens (primary N) is 1. The summed E-state index contributed by atoms with van der Waals surface area (Å²) in [6.07, 6.45) is 0. The van der Waals surface area contributed by atoms with Crippen LogP contribution in [0.3, 0.4) is 0 Å². The first kappa shape index (κ1) is 11.1. The van der Waals surface area contributed by atoms with Crippen molar-refractivity contribution < 1.29 is 17.9 Å². The minimum atomic E-state index is -3.94. The Morgan fingerprint density at radius 1 is 1.50 bits per heavy atom. The van der Waals surface area contributed by atoms with Crippen LogP contribution >= 0.6 is 0 Å². The van der Waals surface area contributed by atoms with Crippen LogP contribution in [0.25, 0.3) is 0 Å². The van der Waals surface area contributed by atoms with E-state index in [0.717, 1.165) is 12.1 Å². The van der Waals surface area contributed by atoms with E-state index in [9.17, 15) is 12.8 Å². The van der Waals surface area contributed by atoms with Gasteiger partial charge in [0, 0.05) is 5.56 Å². The highest BCUT2D eigenvalue weighted by Gasteiger charge is 2.15. The first-order valence-corrected chi connectivity index (χ1v) is 5.33. The Balaban J connectivity index is 3.51. The molecule has 0 aliphatic rings. The molecule has 0 aliphatic carbocycles. The summed E-state index contributed by atoms with van der Waals surface area (Å²) in [6.45, 7) is 0.885. The van der Waals surface area contributed by atoms with Gasteiger partial charge >= 0.3 is 0 Å². The number of aliphatic hydroxyl groups is 1. The quantitative estimate of drug-likeness (QED) is 0.749. The zero-order chi connectivity index (χ0) is 10.9. The van der Waals surface area contributed by atoms with Gasteiger partial charge < -0.3 is 5.11 Å². The molecule has 0 amide bonds. The molecule has 0 unspecified atom stereocenters. The molecule has 0 fully saturated rings. The summed E-state index contributed by atoms with van der Waals surface area (Å²) in [5.74, 6) is -0.694. The second-order valence-corrected chi connectivity index (χ2v) is 4.43. The summed E-state index contributed by atoms with van der Waals surface area (Å²) in [7, 11) is -3.94. The van der Waals surface area contributed by atoms with E-state index in [0.29, 0.717) is 0 Å². The summed E-state index contributed by atoms with van der Waals surface area (Å²) >= 11 is 0. The fraction of sp³-hybridized carbons (Fsp3) is 0.250. The lowest BCUT2D eigenvalue weighted by Gasteiger charge is -2.06. The van der Waals surface area contributed by atoms with E-state index < -0.39 is 22.4 Å². The van der Waals surface area contributed by atoms with Crippen LogP contribution in [0.4, 0.5) is 4.39 Å². The topological polar surface area (TPSA) is 80.4 Å². The fourth-order valence-electron chi connectivity index (χ4n) is 1.09. The Labute approximate surface area is 81.2 Å². The van der Waals surface area contributed by atoms with Crippen LogP contribution in [0.2, 0.25) is 0 Å². The van der Waals surface area contributed by atoms with Crippen LogP contribution in [0, 0.1) is 12.7 Å². The summed E-state index contributed by atoms with van der Waals surface area (Å²) in [5, 5.41) is 13.6. The average Bonchev–Trinajstić information content (AvgIpc) is 2.07. The van der Waals surface area contributed by atoms with Crippen LogP contribution in [-0.4, -0.2) is 13.5 Å². The molecule has 0 heterocycles. The van der Waals surface area contributed by atoms with Crippen LogP contribution < -0.4 is 5.14 Å². The van der Waals surface area contributed by atoms with Crippen molar-refractivity contribution >= 4 is 10.0 Å². The largest absolute Gasteiger partial charge is 0.392 e. The number of halogens is 1. The average molecular weight is 219 g/mol. The number of rotatable bonds is 2. The molecule has 3 N–H and O–H groups in total. The van der Waals surface area contributed by atoms with Crippen molar-refractivity contribution in [2.24, 2.45) is 5.14 Å². The molecule has 0 atom stereocenters. The lowest BCUT2D eigenvalue weighted by atomic mass is 10.1. The molecular formula is C8H10FNO3S. The first-order valence-electron chi connectivity index (χ1n) is 3.79. The molecular weight excluding hydrogens is 209 g/mol. The highest BCUT2D eigenvalue weighted by atomic mass is 32.2. The smallest absolute Gasteiger partial charge is 0.238 e. The SMILES string of the molecule is Cc1c(F)cc(CO)cc1S(N)(=O)=O. The summed E-state index contributed by atoms with van der Waals surface area (Å²) in [5.41, 5.74) is 0.141. The molecule has 0 saturated heterocycles. The van der Waals surface area contributed by atoms with E-state index in [1.54, 1.807) is 0 Å². The van der Waals surface area contributed by atoms with Gasteiger partial charge in [0.2, 0.25) is 10.0 Å². The van der Waals surface area contributed by atoms with Crippen molar-refractivity contribution in [1.29, 1.82) is 0 Å². The third kappa shape index (κ3) is 2.09. The van der Waals surface area contributed by atoms with Gasteiger partial charge in [-0.05, 0) is 24.6 Å². The molecule has 1 aromatic carbocycles. The molecule has 78 valence electrons. The van der Waals surface area contributed by atoms with Gasteiger partial charge in [0.1, 0.15) is 5.82 Å². The number of hydrogen-bond donors (Lipinski definition) is 2. The molecule has 0 aliphatic heterocycles. The van der Waals surface area contributed by atoms with Gasteiger partial charge in [-0.25, -0.2) is 17.9 Å². The Hall–Kier alpha value is -0.980. The lowest BCUT2D eigenvalue weighted by Crippen LogP contribution is -2.15. The number of benzene rings is 1. The van der Waals surface area contributed by atoms with Crippen LogP contribution in [0.5, 0.6) is 0 Å². The van der Waals surface area contributed by atoms with E-state index in [4.69, 9.17) is 10.2 Å². The molecule has 0 spiro atoms. The molecule has 6 heteroatoms. The highest BCUT2D eigenvalue weighted by molar-refractivity contribution is 7.89. The Bertz CT molecular complexity index is 456.